The number of rotatable bonds is 3. The normalized spacial score (nSPS) is 20.0. The molecule has 0 unspecified atom stereocenters. The quantitative estimate of drug-likeness (QED) is 0.930. The molecule has 0 spiro atoms. The van der Waals surface area contributed by atoms with E-state index in [0.29, 0.717) is 6.04 Å². The first-order chi connectivity index (χ1) is 10.3. The van der Waals surface area contributed by atoms with Crippen LogP contribution in [0.25, 0.3) is 0 Å². The Hall–Kier alpha value is -1.88. The van der Waals surface area contributed by atoms with Gasteiger partial charge in [-0.25, -0.2) is 9.67 Å². The highest BCUT2D eigenvalue weighted by molar-refractivity contribution is 5.39. The van der Waals surface area contributed by atoms with Gasteiger partial charge in [-0.05, 0) is 30.5 Å². The topological polar surface area (TPSA) is 52.0 Å². The fourth-order valence-corrected chi connectivity index (χ4v) is 3.21. The molecule has 21 heavy (non-hydrogen) atoms. The molecule has 0 radical (unpaired) electrons. The van der Waals surface area contributed by atoms with Crippen molar-refractivity contribution in [2.75, 3.05) is 6.61 Å². The van der Waals surface area contributed by atoms with Crippen LogP contribution in [0.4, 0.5) is 0 Å². The number of aromatic nitrogens is 3. The van der Waals surface area contributed by atoms with Crippen molar-refractivity contribution in [3.63, 3.8) is 0 Å². The summed E-state index contributed by atoms with van der Waals surface area (Å²) in [6.07, 6.45) is 3.18. The minimum Gasteiger partial charge on any atom is -0.493 e. The van der Waals surface area contributed by atoms with E-state index in [1.165, 1.54) is 11.1 Å². The lowest BCUT2D eigenvalue weighted by molar-refractivity contribution is 0.356. The van der Waals surface area contributed by atoms with Gasteiger partial charge < -0.3 is 10.1 Å². The number of nitrogens with zero attached hydrogens (tertiary/aromatic N) is 3. The SMILES string of the molecule is Cc1nc2n(n1)C[C@H](NCc1ccc3c(c1)CCO3)CC2. The molecule has 2 aromatic rings. The van der Waals surface area contributed by atoms with Crippen LogP contribution in [-0.4, -0.2) is 27.4 Å². The molecule has 0 saturated carbocycles. The summed E-state index contributed by atoms with van der Waals surface area (Å²) in [5.41, 5.74) is 2.67. The summed E-state index contributed by atoms with van der Waals surface area (Å²) in [6, 6.07) is 7.00. The molecule has 0 bridgehead atoms. The molecule has 0 aliphatic carbocycles. The second kappa shape index (κ2) is 5.15. The molecule has 0 saturated heterocycles. The van der Waals surface area contributed by atoms with Crippen LogP contribution in [0.2, 0.25) is 0 Å². The van der Waals surface area contributed by atoms with Crippen LogP contribution in [0.3, 0.4) is 0 Å². The maximum Gasteiger partial charge on any atom is 0.147 e. The highest BCUT2D eigenvalue weighted by atomic mass is 16.5. The van der Waals surface area contributed by atoms with E-state index in [4.69, 9.17) is 4.74 Å². The van der Waals surface area contributed by atoms with Gasteiger partial charge in [-0.2, -0.15) is 5.10 Å². The van der Waals surface area contributed by atoms with E-state index in [-0.39, 0.29) is 0 Å². The summed E-state index contributed by atoms with van der Waals surface area (Å²) in [5.74, 6) is 3.06. The third-order valence-corrected chi connectivity index (χ3v) is 4.31. The lowest BCUT2D eigenvalue weighted by Gasteiger charge is -2.23. The molecule has 1 aromatic carbocycles. The number of nitrogens with one attached hydrogen (secondary N) is 1. The van der Waals surface area contributed by atoms with Gasteiger partial charge in [0.15, 0.2) is 0 Å². The molecule has 1 atom stereocenters. The van der Waals surface area contributed by atoms with Crippen molar-refractivity contribution in [1.29, 1.82) is 0 Å². The van der Waals surface area contributed by atoms with Gasteiger partial charge in [0.1, 0.15) is 17.4 Å². The molecule has 0 fully saturated rings. The monoisotopic (exact) mass is 284 g/mol. The highest BCUT2D eigenvalue weighted by Gasteiger charge is 2.20. The van der Waals surface area contributed by atoms with Crippen molar-refractivity contribution in [3.05, 3.63) is 41.0 Å². The Labute approximate surface area is 124 Å². The number of hydrogen-bond acceptors (Lipinski definition) is 4. The predicted octanol–water partition coefficient (Wildman–Crippen LogP) is 1.63. The van der Waals surface area contributed by atoms with E-state index in [2.05, 4.69) is 33.6 Å². The standard InChI is InChI=1S/C16H20N4O/c1-11-18-16-5-3-14(10-20(16)19-11)17-9-12-2-4-15-13(8-12)6-7-21-15/h2,4,8,14,17H,3,5-7,9-10H2,1H3/t14-/m1/s1. The summed E-state index contributed by atoms with van der Waals surface area (Å²) in [6.45, 7) is 4.61. The third-order valence-electron chi connectivity index (χ3n) is 4.31. The van der Waals surface area contributed by atoms with E-state index in [9.17, 15) is 0 Å². The van der Waals surface area contributed by atoms with Crippen molar-refractivity contribution in [2.45, 2.75) is 45.3 Å². The first-order valence-electron chi connectivity index (χ1n) is 7.66. The Balaban J connectivity index is 1.39. The third kappa shape index (κ3) is 2.53. The van der Waals surface area contributed by atoms with Crippen LogP contribution in [0.1, 0.15) is 29.2 Å². The average Bonchev–Trinajstić information content (AvgIpc) is 3.08. The Morgan fingerprint density at radius 3 is 3.29 bits per heavy atom. The summed E-state index contributed by atoms with van der Waals surface area (Å²) in [7, 11) is 0. The number of ether oxygens (including phenoxy) is 1. The Bertz CT molecular complexity index is 664. The summed E-state index contributed by atoms with van der Waals surface area (Å²) in [4.78, 5) is 4.45. The maximum absolute atomic E-state index is 5.55. The zero-order chi connectivity index (χ0) is 14.2. The molecule has 5 heteroatoms. The minimum absolute atomic E-state index is 0.475. The Morgan fingerprint density at radius 1 is 1.38 bits per heavy atom. The molecular formula is C16H20N4O. The van der Waals surface area contributed by atoms with Crippen molar-refractivity contribution < 1.29 is 4.74 Å². The molecular weight excluding hydrogens is 264 g/mol. The zero-order valence-corrected chi connectivity index (χ0v) is 12.3. The van der Waals surface area contributed by atoms with Crippen LogP contribution in [0.5, 0.6) is 5.75 Å². The first kappa shape index (κ1) is 12.8. The van der Waals surface area contributed by atoms with Crippen molar-refractivity contribution in [2.24, 2.45) is 0 Å². The van der Waals surface area contributed by atoms with Gasteiger partial charge in [0.2, 0.25) is 0 Å². The van der Waals surface area contributed by atoms with Gasteiger partial charge >= 0.3 is 0 Å². The molecule has 1 aromatic heterocycles. The van der Waals surface area contributed by atoms with Gasteiger partial charge in [0.05, 0.1) is 13.2 Å². The second-order valence-corrected chi connectivity index (χ2v) is 5.91. The molecule has 2 aliphatic rings. The fraction of sp³-hybridized carbons (Fsp3) is 0.500. The van der Waals surface area contributed by atoms with E-state index in [1.807, 2.05) is 11.6 Å². The predicted molar refractivity (Wildman–Crippen MR) is 79.3 cm³/mol. The molecule has 2 aliphatic heterocycles. The molecule has 110 valence electrons. The van der Waals surface area contributed by atoms with Crippen LogP contribution >= 0.6 is 0 Å². The highest BCUT2D eigenvalue weighted by Crippen LogP contribution is 2.26. The Kier molecular flexibility index (Phi) is 3.15. The lowest BCUT2D eigenvalue weighted by atomic mass is 10.1. The van der Waals surface area contributed by atoms with E-state index >= 15 is 0 Å². The van der Waals surface area contributed by atoms with Crippen molar-refractivity contribution in [3.8, 4) is 5.75 Å². The largest absolute Gasteiger partial charge is 0.493 e. The minimum atomic E-state index is 0.475. The van der Waals surface area contributed by atoms with E-state index in [0.717, 1.165) is 56.4 Å². The van der Waals surface area contributed by atoms with Crippen LogP contribution < -0.4 is 10.1 Å². The van der Waals surface area contributed by atoms with Gasteiger partial charge in [-0.1, -0.05) is 12.1 Å². The first-order valence-corrected chi connectivity index (χ1v) is 7.66. The van der Waals surface area contributed by atoms with Crippen LogP contribution in [0.15, 0.2) is 18.2 Å². The molecule has 3 heterocycles. The summed E-state index contributed by atoms with van der Waals surface area (Å²) < 4.78 is 7.60. The smallest absolute Gasteiger partial charge is 0.147 e. The number of benzene rings is 1. The summed E-state index contributed by atoms with van der Waals surface area (Å²) >= 11 is 0. The number of hydrogen-bond donors (Lipinski definition) is 1. The number of aryl methyl sites for hydroxylation is 2. The maximum atomic E-state index is 5.55. The Morgan fingerprint density at radius 2 is 2.33 bits per heavy atom. The number of fused-ring (bicyclic) bond motifs is 2. The van der Waals surface area contributed by atoms with Gasteiger partial charge in [-0.15, -0.1) is 0 Å². The van der Waals surface area contributed by atoms with Gasteiger partial charge in [0.25, 0.3) is 0 Å². The van der Waals surface area contributed by atoms with Crippen LogP contribution in [0, 0.1) is 6.92 Å². The molecule has 0 amide bonds. The van der Waals surface area contributed by atoms with E-state index < -0.39 is 0 Å². The summed E-state index contributed by atoms with van der Waals surface area (Å²) in [5, 5.41) is 8.10. The van der Waals surface area contributed by atoms with Gasteiger partial charge in [-0.3, -0.25) is 0 Å². The lowest BCUT2D eigenvalue weighted by Crippen LogP contribution is -2.37. The van der Waals surface area contributed by atoms with Gasteiger partial charge in [0, 0.05) is 25.4 Å². The van der Waals surface area contributed by atoms with Crippen molar-refractivity contribution >= 4 is 0 Å². The van der Waals surface area contributed by atoms with Crippen molar-refractivity contribution in [1.82, 2.24) is 20.1 Å². The zero-order valence-electron chi connectivity index (χ0n) is 12.3. The molecule has 4 rings (SSSR count). The average molecular weight is 284 g/mol. The second-order valence-electron chi connectivity index (χ2n) is 5.91. The van der Waals surface area contributed by atoms with E-state index in [1.54, 1.807) is 0 Å². The fourth-order valence-electron chi connectivity index (χ4n) is 3.21. The molecule has 5 nitrogen and oxygen atoms in total. The van der Waals surface area contributed by atoms with Crippen LogP contribution in [-0.2, 0) is 25.9 Å². The molecule has 1 N–H and O–H groups in total.